The van der Waals surface area contributed by atoms with E-state index in [0.717, 1.165) is 63.4 Å². The third-order valence-electron chi connectivity index (χ3n) is 11.4. The van der Waals surface area contributed by atoms with Gasteiger partial charge in [0, 0.05) is 43.7 Å². The van der Waals surface area contributed by atoms with Gasteiger partial charge in [0.2, 0.25) is 5.95 Å². The fourth-order valence-corrected chi connectivity index (χ4v) is 8.99. The number of aryl methyl sites for hydroxylation is 2. The highest BCUT2D eigenvalue weighted by Gasteiger charge is 2.29. The Balaban J connectivity index is 1.06. The standard InChI is InChI=1S/C50H32N4O/c1-3-13-31(14-4-1)48-47-41(26-25-38-37-19-9-12-22-46(37)55-49(38)47)51-50(52-48)54-43-21-11-8-18-36(43)40-30-33(24-28-45(40)54)32-23-27-44-39(29-32)35-17-7-10-20-42(35)53(44)34-15-5-2-6-16-34/h1-24,27-30H,25-26H2. The molecule has 0 aliphatic heterocycles. The lowest BCUT2D eigenvalue weighted by atomic mass is 9.90. The number of para-hydroxylation sites is 4. The van der Waals surface area contributed by atoms with Crippen LogP contribution in [0, 0.1) is 0 Å². The number of hydrogen-bond donors (Lipinski definition) is 0. The van der Waals surface area contributed by atoms with Gasteiger partial charge < -0.3 is 8.98 Å². The van der Waals surface area contributed by atoms with Crippen LogP contribution in [0.25, 0.3) is 99.9 Å². The average Bonchev–Trinajstić information content (AvgIpc) is 3.91. The van der Waals surface area contributed by atoms with Gasteiger partial charge in [0.05, 0.1) is 39.0 Å². The van der Waals surface area contributed by atoms with Crippen molar-refractivity contribution in [1.82, 2.24) is 19.1 Å². The Hall–Kier alpha value is -7.24. The van der Waals surface area contributed by atoms with E-state index in [9.17, 15) is 0 Å². The fourth-order valence-electron chi connectivity index (χ4n) is 8.99. The van der Waals surface area contributed by atoms with E-state index in [1.54, 1.807) is 0 Å². The molecule has 7 aromatic carbocycles. The topological polar surface area (TPSA) is 48.8 Å². The Kier molecular flexibility index (Phi) is 6.39. The number of hydrogen-bond acceptors (Lipinski definition) is 3. The maximum absolute atomic E-state index is 6.59. The summed E-state index contributed by atoms with van der Waals surface area (Å²) in [4.78, 5) is 10.8. The molecule has 1 aliphatic rings. The minimum absolute atomic E-state index is 0.672. The molecule has 258 valence electrons. The zero-order valence-electron chi connectivity index (χ0n) is 29.8. The van der Waals surface area contributed by atoms with E-state index in [1.165, 1.54) is 54.7 Å². The van der Waals surface area contributed by atoms with E-state index in [-0.39, 0.29) is 0 Å². The summed E-state index contributed by atoms with van der Waals surface area (Å²) in [7, 11) is 0. The van der Waals surface area contributed by atoms with Gasteiger partial charge in [-0.15, -0.1) is 0 Å². The number of furan rings is 1. The van der Waals surface area contributed by atoms with Gasteiger partial charge in [0.15, 0.2) is 0 Å². The van der Waals surface area contributed by atoms with Crippen molar-refractivity contribution < 1.29 is 4.42 Å². The first-order valence-corrected chi connectivity index (χ1v) is 18.9. The summed E-state index contributed by atoms with van der Waals surface area (Å²) in [6.07, 6.45) is 1.68. The molecule has 0 unspecified atom stereocenters. The van der Waals surface area contributed by atoms with Crippen LogP contribution in [0.15, 0.2) is 174 Å². The van der Waals surface area contributed by atoms with Crippen molar-refractivity contribution in [2.75, 3.05) is 0 Å². The zero-order valence-corrected chi connectivity index (χ0v) is 29.8. The molecule has 11 aromatic rings. The van der Waals surface area contributed by atoms with Crippen LogP contribution in [-0.4, -0.2) is 19.1 Å². The molecule has 12 rings (SSSR count). The number of rotatable bonds is 4. The molecule has 55 heavy (non-hydrogen) atoms. The Morgan fingerprint density at radius 2 is 1.00 bits per heavy atom. The van der Waals surface area contributed by atoms with Gasteiger partial charge in [-0.3, -0.25) is 4.57 Å². The van der Waals surface area contributed by atoms with Crippen molar-refractivity contribution in [3.8, 4) is 45.3 Å². The minimum Gasteiger partial charge on any atom is -0.456 e. The normalized spacial score (nSPS) is 12.6. The molecule has 0 amide bonds. The van der Waals surface area contributed by atoms with Crippen LogP contribution in [0.5, 0.6) is 0 Å². The second kappa shape index (κ2) is 11.6. The van der Waals surface area contributed by atoms with Crippen molar-refractivity contribution in [3.63, 3.8) is 0 Å². The summed E-state index contributed by atoms with van der Waals surface area (Å²) in [5, 5.41) is 5.99. The van der Waals surface area contributed by atoms with Crippen molar-refractivity contribution >= 4 is 54.6 Å². The molecule has 4 heterocycles. The molecule has 5 nitrogen and oxygen atoms in total. The highest BCUT2D eigenvalue weighted by molar-refractivity contribution is 6.12. The third-order valence-corrected chi connectivity index (χ3v) is 11.4. The molecule has 0 radical (unpaired) electrons. The Bertz CT molecular complexity index is 3310. The molecular formula is C50H32N4O. The van der Waals surface area contributed by atoms with Crippen molar-refractivity contribution in [2.24, 2.45) is 0 Å². The SMILES string of the molecule is c1ccc(-c2nc(-n3c4ccccc4c4cc(-c5ccc6c(c5)c5ccccc5n6-c5ccccc5)ccc43)nc3c2-c2oc4ccccc4c2CC3)cc1. The van der Waals surface area contributed by atoms with Crippen LogP contribution < -0.4 is 0 Å². The predicted molar refractivity (Wildman–Crippen MR) is 224 cm³/mol. The van der Waals surface area contributed by atoms with E-state index in [4.69, 9.17) is 14.4 Å². The van der Waals surface area contributed by atoms with Crippen molar-refractivity contribution in [2.45, 2.75) is 12.8 Å². The first kappa shape index (κ1) is 30.2. The average molecular weight is 705 g/mol. The summed E-state index contributed by atoms with van der Waals surface area (Å²) in [5.74, 6) is 1.56. The van der Waals surface area contributed by atoms with Gasteiger partial charge >= 0.3 is 0 Å². The lowest BCUT2D eigenvalue weighted by Crippen LogP contribution is -2.12. The van der Waals surface area contributed by atoms with Gasteiger partial charge in [-0.05, 0) is 78.6 Å². The number of benzene rings is 7. The van der Waals surface area contributed by atoms with Crippen LogP contribution in [0.1, 0.15) is 11.3 Å². The van der Waals surface area contributed by atoms with Crippen LogP contribution >= 0.6 is 0 Å². The third kappa shape index (κ3) is 4.47. The minimum atomic E-state index is 0.672. The Labute approximate surface area is 316 Å². The molecular weight excluding hydrogens is 673 g/mol. The Morgan fingerprint density at radius 3 is 1.71 bits per heavy atom. The molecule has 0 bridgehead atoms. The summed E-state index contributed by atoms with van der Waals surface area (Å²) >= 11 is 0. The summed E-state index contributed by atoms with van der Waals surface area (Å²) in [6, 6.07) is 60.4. The molecule has 4 aromatic heterocycles. The second-order valence-corrected chi connectivity index (χ2v) is 14.5. The zero-order chi connectivity index (χ0) is 36.0. The molecule has 0 saturated heterocycles. The number of nitrogens with zero attached hydrogens (tertiary/aromatic N) is 4. The highest BCUT2D eigenvalue weighted by Crippen LogP contribution is 2.45. The molecule has 0 fully saturated rings. The molecule has 0 saturated carbocycles. The number of aromatic nitrogens is 4. The van der Waals surface area contributed by atoms with Gasteiger partial charge in [-0.1, -0.05) is 115 Å². The molecule has 1 aliphatic carbocycles. The van der Waals surface area contributed by atoms with E-state index in [0.29, 0.717) is 5.95 Å². The highest BCUT2D eigenvalue weighted by atomic mass is 16.3. The van der Waals surface area contributed by atoms with E-state index >= 15 is 0 Å². The molecule has 0 atom stereocenters. The summed E-state index contributed by atoms with van der Waals surface area (Å²) in [6.45, 7) is 0. The first-order chi connectivity index (χ1) is 27.3. The molecule has 0 spiro atoms. The lowest BCUT2D eigenvalue weighted by molar-refractivity contribution is 0.619. The smallest absolute Gasteiger partial charge is 0.235 e. The second-order valence-electron chi connectivity index (χ2n) is 14.5. The van der Waals surface area contributed by atoms with Crippen molar-refractivity contribution in [3.05, 3.63) is 181 Å². The van der Waals surface area contributed by atoms with Gasteiger partial charge in [-0.25, -0.2) is 9.97 Å². The van der Waals surface area contributed by atoms with Crippen LogP contribution in [0.4, 0.5) is 0 Å². The van der Waals surface area contributed by atoms with Gasteiger partial charge in [-0.2, -0.15) is 0 Å². The predicted octanol–water partition coefficient (Wildman–Crippen LogP) is 12.5. The van der Waals surface area contributed by atoms with E-state index in [2.05, 4.69) is 167 Å². The first-order valence-electron chi connectivity index (χ1n) is 18.9. The Morgan fingerprint density at radius 1 is 0.436 bits per heavy atom. The summed E-state index contributed by atoms with van der Waals surface area (Å²) in [5.41, 5.74) is 14.2. The van der Waals surface area contributed by atoms with E-state index in [1.807, 2.05) is 12.1 Å². The maximum atomic E-state index is 6.59. The van der Waals surface area contributed by atoms with Gasteiger partial charge in [0.25, 0.3) is 0 Å². The molecule has 5 heteroatoms. The monoisotopic (exact) mass is 704 g/mol. The van der Waals surface area contributed by atoms with E-state index < -0.39 is 0 Å². The largest absolute Gasteiger partial charge is 0.456 e. The van der Waals surface area contributed by atoms with Crippen LogP contribution in [0.2, 0.25) is 0 Å². The fraction of sp³-hybridized carbons (Fsp3) is 0.0400. The summed E-state index contributed by atoms with van der Waals surface area (Å²) < 4.78 is 11.2. The molecule has 0 N–H and O–H groups in total. The van der Waals surface area contributed by atoms with Crippen LogP contribution in [0.3, 0.4) is 0 Å². The maximum Gasteiger partial charge on any atom is 0.235 e. The van der Waals surface area contributed by atoms with Gasteiger partial charge in [0.1, 0.15) is 11.3 Å². The number of fused-ring (bicyclic) bond motifs is 11. The van der Waals surface area contributed by atoms with Crippen molar-refractivity contribution in [1.29, 1.82) is 0 Å². The lowest BCUT2D eigenvalue weighted by Gasteiger charge is -2.20. The van der Waals surface area contributed by atoms with Crippen LogP contribution in [-0.2, 0) is 12.8 Å². The quantitative estimate of drug-likeness (QED) is 0.183.